The molecule has 72 valence electrons. The van der Waals surface area contributed by atoms with E-state index in [1.165, 1.54) is 11.5 Å². The van der Waals surface area contributed by atoms with E-state index < -0.39 is 0 Å². The van der Waals surface area contributed by atoms with Crippen LogP contribution in [0, 0.1) is 0 Å². The van der Waals surface area contributed by atoms with E-state index in [-0.39, 0.29) is 12.1 Å². The molecule has 5 heteroatoms. The second-order valence-electron chi connectivity index (χ2n) is 3.43. The summed E-state index contributed by atoms with van der Waals surface area (Å²) in [5.74, 6) is 0.876. The number of aryl methyl sites for hydroxylation is 1. The van der Waals surface area contributed by atoms with E-state index in [1.807, 2.05) is 6.92 Å². The van der Waals surface area contributed by atoms with Crippen LogP contribution >= 0.6 is 11.5 Å². The number of rotatable bonds is 4. The highest BCUT2D eigenvalue weighted by atomic mass is 32.1. The monoisotopic (exact) mass is 199 g/mol. The molecule has 2 N–H and O–H groups in total. The van der Waals surface area contributed by atoms with Crippen LogP contribution in [0.4, 0.5) is 5.13 Å². The van der Waals surface area contributed by atoms with E-state index in [1.54, 1.807) is 0 Å². The summed E-state index contributed by atoms with van der Waals surface area (Å²) in [6.07, 6.45) is 2.93. The third-order valence-corrected chi connectivity index (χ3v) is 2.98. The number of nitrogens with zero attached hydrogens (tertiary/aromatic N) is 2. The third kappa shape index (κ3) is 1.81. The highest BCUT2D eigenvalue weighted by Crippen LogP contribution is 2.38. The first-order valence-corrected chi connectivity index (χ1v) is 5.27. The summed E-state index contributed by atoms with van der Waals surface area (Å²) < 4.78 is 4.17. The predicted molar refractivity (Wildman–Crippen MR) is 52.0 cm³/mol. The van der Waals surface area contributed by atoms with Crippen LogP contribution in [-0.4, -0.2) is 26.6 Å². The second kappa shape index (κ2) is 3.23. The summed E-state index contributed by atoms with van der Waals surface area (Å²) in [7, 11) is 0. The Labute approximate surface area is 81.2 Å². The van der Waals surface area contributed by atoms with Crippen LogP contribution in [0.15, 0.2) is 0 Å². The highest BCUT2D eigenvalue weighted by molar-refractivity contribution is 7.09. The van der Waals surface area contributed by atoms with E-state index in [2.05, 4.69) is 14.7 Å². The molecule has 1 heterocycles. The minimum atomic E-state index is -0.0788. The van der Waals surface area contributed by atoms with Crippen LogP contribution in [0.5, 0.6) is 0 Å². The summed E-state index contributed by atoms with van der Waals surface area (Å²) in [5.41, 5.74) is -0.0788. The van der Waals surface area contributed by atoms with Gasteiger partial charge in [-0.25, -0.2) is 4.98 Å². The molecular formula is C8H13N3OS. The summed E-state index contributed by atoms with van der Waals surface area (Å²) >= 11 is 1.37. The molecule has 0 amide bonds. The maximum atomic E-state index is 9.08. The fourth-order valence-corrected chi connectivity index (χ4v) is 1.92. The first kappa shape index (κ1) is 8.90. The zero-order chi connectivity index (χ0) is 9.31. The number of nitrogens with one attached hydrogen (secondary N) is 1. The molecule has 1 aliphatic carbocycles. The summed E-state index contributed by atoms with van der Waals surface area (Å²) in [6, 6.07) is 0. The lowest BCUT2D eigenvalue weighted by Gasteiger charge is -2.11. The molecular weight excluding hydrogens is 186 g/mol. The molecule has 0 unspecified atom stereocenters. The van der Waals surface area contributed by atoms with Crippen molar-refractivity contribution in [1.29, 1.82) is 0 Å². The number of aliphatic hydroxyl groups is 1. The molecule has 1 aromatic rings. The topological polar surface area (TPSA) is 58.0 Å². The number of hydrogen-bond donors (Lipinski definition) is 2. The molecule has 4 nitrogen and oxygen atoms in total. The van der Waals surface area contributed by atoms with Gasteiger partial charge in [0.05, 0.1) is 12.1 Å². The van der Waals surface area contributed by atoms with E-state index >= 15 is 0 Å². The van der Waals surface area contributed by atoms with Gasteiger partial charge in [0, 0.05) is 18.0 Å². The SMILES string of the molecule is CCc1nsc(NC2(CO)CC2)n1. The molecule has 1 aromatic heterocycles. The average molecular weight is 199 g/mol. The zero-order valence-electron chi connectivity index (χ0n) is 7.58. The van der Waals surface area contributed by atoms with Crippen molar-refractivity contribution in [3.63, 3.8) is 0 Å². The predicted octanol–water partition coefficient (Wildman–Crippen LogP) is 1.04. The number of aromatic nitrogens is 2. The van der Waals surface area contributed by atoms with Crippen LogP contribution < -0.4 is 5.32 Å². The molecule has 0 bridgehead atoms. The van der Waals surface area contributed by atoms with Crippen molar-refractivity contribution < 1.29 is 5.11 Å². The Hall–Kier alpha value is -0.680. The maximum Gasteiger partial charge on any atom is 0.203 e. The van der Waals surface area contributed by atoms with Gasteiger partial charge in [-0.05, 0) is 12.8 Å². The molecule has 0 aromatic carbocycles. The largest absolute Gasteiger partial charge is 0.394 e. The number of aliphatic hydroxyl groups excluding tert-OH is 1. The van der Waals surface area contributed by atoms with Crippen molar-refractivity contribution in [3.8, 4) is 0 Å². The van der Waals surface area contributed by atoms with Gasteiger partial charge >= 0.3 is 0 Å². The molecule has 0 spiro atoms. The Morgan fingerprint density at radius 2 is 2.38 bits per heavy atom. The standard InChI is InChI=1S/C8H13N3OS/c1-2-6-9-7(13-11-6)10-8(5-12)3-4-8/h12H,2-5H2,1H3,(H,9,10,11). The summed E-state index contributed by atoms with van der Waals surface area (Å²) in [4.78, 5) is 4.29. The first-order valence-electron chi connectivity index (χ1n) is 4.50. The maximum absolute atomic E-state index is 9.08. The molecule has 1 aliphatic rings. The zero-order valence-corrected chi connectivity index (χ0v) is 8.39. The molecule has 1 fully saturated rings. The molecule has 0 aliphatic heterocycles. The Morgan fingerprint density at radius 3 is 2.85 bits per heavy atom. The van der Waals surface area contributed by atoms with Crippen molar-refractivity contribution in [2.24, 2.45) is 0 Å². The Bertz CT molecular complexity index is 295. The highest BCUT2D eigenvalue weighted by Gasteiger charge is 2.42. The molecule has 13 heavy (non-hydrogen) atoms. The van der Waals surface area contributed by atoms with Gasteiger partial charge in [-0.1, -0.05) is 6.92 Å². The van der Waals surface area contributed by atoms with Crippen molar-refractivity contribution in [2.45, 2.75) is 31.7 Å². The van der Waals surface area contributed by atoms with Crippen LogP contribution in [0.1, 0.15) is 25.6 Å². The quantitative estimate of drug-likeness (QED) is 0.760. The molecule has 2 rings (SSSR count). The van der Waals surface area contributed by atoms with Crippen molar-refractivity contribution >= 4 is 16.7 Å². The summed E-state index contributed by atoms with van der Waals surface area (Å²) in [5, 5.41) is 13.1. The molecule has 0 radical (unpaired) electrons. The van der Waals surface area contributed by atoms with Gasteiger partial charge < -0.3 is 10.4 Å². The lowest BCUT2D eigenvalue weighted by Crippen LogP contribution is -2.25. The number of hydrogen-bond acceptors (Lipinski definition) is 5. The van der Waals surface area contributed by atoms with Gasteiger partial charge in [0.2, 0.25) is 5.13 Å². The van der Waals surface area contributed by atoms with Gasteiger partial charge in [0.25, 0.3) is 0 Å². The minimum Gasteiger partial charge on any atom is -0.394 e. The Balaban J connectivity index is 2.01. The lowest BCUT2D eigenvalue weighted by molar-refractivity contribution is 0.266. The fraction of sp³-hybridized carbons (Fsp3) is 0.750. The van der Waals surface area contributed by atoms with E-state index in [9.17, 15) is 0 Å². The van der Waals surface area contributed by atoms with Crippen LogP contribution in [-0.2, 0) is 6.42 Å². The fourth-order valence-electron chi connectivity index (χ4n) is 1.15. The van der Waals surface area contributed by atoms with Crippen LogP contribution in [0.3, 0.4) is 0 Å². The van der Waals surface area contributed by atoms with E-state index in [0.29, 0.717) is 0 Å². The first-order chi connectivity index (χ1) is 6.28. The van der Waals surface area contributed by atoms with Crippen LogP contribution in [0.25, 0.3) is 0 Å². The smallest absolute Gasteiger partial charge is 0.203 e. The van der Waals surface area contributed by atoms with Crippen molar-refractivity contribution in [2.75, 3.05) is 11.9 Å². The van der Waals surface area contributed by atoms with Gasteiger partial charge in [-0.3, -0.25) is 0 Å². The van der Waals surface area contributed by atoms with Gasteiger partial charge in [0.1, 0.15) is 5.82 Å². The van der Waals surface area contributed by atoms with Gasteiger partial charge in [-0.15, -0.1) is 0 Å². The molecule has 1 saturated carbocycles. The molecule has 0 atom stereocenters. The van der Waals surface area contributed by atoms with Gasteiger partial charge in [-0.2, -0.15) is 4.37 Å². The van der Waals surface area contributed by atoms with Gasteiger partial charge in [0.15, 0.2) is 0 Å². The normalized spacial score (nSPS) is 18.6. The Morgan fingerprint density at radius 1 is 1.62 bits per heavy atom. The van der Waals surface area contributed by atoms with E-state index in [0.717, 1.165) is 30.2 Å². The van der Waals surface area contributed by atoms with Crippen LogP contribution in [0.2, 0.25) is 0 Å². The van der Waals surface area contributed by atoms with E-state index in [4.69, 9.17) is 5.11 Å². The summed E-state index contributed by atoms with van der Waals surface area (Å²) in [6.45, 7) is 2.22. The van der Waals surface area contributed by atoms with Crippen molar-refractivity contribution in [1.82, 2.24) is 9.36 Å². The number of anilines is 1. The molecule has 0 saturated heterocycles. The average Bonchev–Trinajstić information content (AvgIpc) is 2.77. The minimum absolute atomic E-state index is 0.0788. The lowest BCUT2D eigenvalue weighted by atomic mass is 10.3. The third-order valence-electron chi connectivity index (χ3n) is 2.31. The Kier molecular flexibility index (Phi) is 2.21. The van der Waals surface area contributed by atoms with Crippen molar-refractivity contribution in [3.05, 3.63) is 5.82 Å². The second-order valence-corrected chi connectivity index (χ2v) is 4.18.